The first kappa shape index (κ1) is 16.1. The Kier molecular flexibility index (Phi) is 7.31. The Hall–Kier alpha value is -1.92. The van der Waals surface area contributed by atoms with Gasteiger partial charge in [0.1, 0.15) is 0 Å². The molecule has 0 aliphatic carbocycles. The van der Waals surface area contributed by atoms with Gasteiger partial charge in [0.15, 0.2) is 0 Å². The van der Waals surface area contributed by atoms with Crippen molar-refractivity contribution in [1.82, 2.24) is 15.5 Å². The van der Waals surface area contributed by atoms with E-state index in [1.807, 2.05) is 35.2 Å². The van der Waals surface area contributed by atoms with Crippen LogP contribution in [-0.2, 0) is 11.3 Å². The summed E-state index contributed by atoms with van der Waals surface area (Å²) >= 11 is 0. The first-order chi connectivity index (χ1) is 9.65. The van der Waals surface area contributed by atoms with Crippen LogP contribution in [0.25, 0.3) is 0 Å². The van der Waals surface area contributed by atoms with Crippen LogP contribution in [0.1, 0.15) is 12.0 Å². The van der Waals surface area contributed by atoms with Crippen LogP contribution in [0.3, 0.4) is 0 Å². The standard InChI is InChI=1S/C14H22N4O2/c1-16-14(20)17-13(19)11-18(9-5-8-15)10-12-6-3-2-4-7-12/h2-4,6-7H,5,8-11,15H2,1H3,(H2,16,17,19,20). The lowest BCUT2D eigenvalue weighted by molar-refractivity contribution is -0.121. The van der Waals surface area contributed by atoms with Gasteiger partial charge in [0.05, 0.1) is 6.54 Å². The third kappa shape index (κ3) is 6.31. The van der Waals surface area contributed by atoms with Crippen molar-refractivity contribution in [3.8, 4) is 0 Å². The molecule has 0 saturated heterocycles. The maximum atomic E-state index is 11.7. The second kappa shape index (κ2) is 9.06. The number of carbonyl (C=O) groups is 2. The maximum Gasteiger partial charge on any atom is 0.321 e. The molecule has 1 aromatic rings. The van der Waals surface area contributed by atoms with Gasteiger partial charge in [-0.1, -0.05) is 30.3 Å². The van der Waals surface area contributed by atoms with Gasteiger partial charge in [-0.2, -0.15) is 0 Å². The van der Waals surface area contributed by atoms with Crippen LogP contribution < -0.4 is 16.4 Å². The molecule has 0 radical (unpaired) electrons. The van der Waals surface area contributed by atoms with Gasteiger partial charge in [0.25, 0.3) is 0 Å². The second-order valence-corrected chi connectivity index (χ2v) is 4.47. The molecular formula is C14H22N4O2. The number of hydrogen-bond acceptors (Lipinski definition) is 4. The van der Waals surface area contributed by atoms with E-state index in [0.29, 0.717) is 19.6 Å². The lowest BCUT2D eigenvalue weighted by atomic mass is 10.2. The van der Waals surface area contributed by atoms with Crippen LogP contribution in [0.4, 0.5) is 4.79 Å². The van der Waals surface area contributed by atoms with E-state index in [-0.39, 0.29) is 12.5 Å². The normalized spacial score (nSPS) is 10.3. The molecule has 0 saturated carbocycles. The molecule has 0 atom stereocenters. The Morgan fingerprint density at radius 1 is 1.25 bits per heavy atom. The minimum atomic E-state index is -0.492. The van der Waals surface area contributed by atoms with Crippen molar-refractivity contribution >= 4 is 11.9 Å². The van der Waals surface area contributed by atoms with Crippen LogP contribution in [0.2, 0.25) is 0 Å². The molecule has 0 spiro atoms. The van der Waals surface area contributed by atoms with E-state index in [1.165, 1.54) is 7.05 Å². The van der Waals surface area contributed by atoms with Gasteiger partial charge in [0, 0.05) is 20.1 Å². The van der Waals surface area contributed by atoms with Gasteiger partial charge >= 0.3 is 6.03 Å². The molecule has 4 N–H and O–H groups in total. The Morgan fingerprint density at radius 3 is 2.55 bits per heavy atom. The van der Waals surface area contributed by atoms with Gasteiger partial charge in [0.2, 0.25) is 5.91 Å². The number of benzene rings is 1. The zero-order chi connectivity index (χ0) is 14.8. The topological polar surface area (TPSA) is 87.5 Å². The van der Waals surface area contributed by atoms with Crippen molar-refractivity contribution in [2.75, 3.05) is 26.7 Å². The number of urea groups is 1. The number of carbonyl (C=O) groups excluding carboxylic acids is 2. The molecule has 0 fully saturated rings. The fourth-order valence-electron chi connectivity index (χ4n) is 1.80. The molecule has 0 bridgehead atoms. The van der Waals surface area contributed by atoms with Crippen LogP contribution in [-0.4, -0.2) is 43.5 Å². The Labute approximate surface area is 119 Å². The second-order valence-electron chi connectivity index (χ2n) is 4.47. The van der Waals surface area contributed by atoms with Gasteiger partial charge < -0.3 is 11.1 Å². The maximum absolute atomic E-state index is 11.7. The highest BCUT2D eigenvalue weighted by Gasteiger charge is 2.12. The molecule has 1 rings (SSSR count). The molecule has 3 amide bonds. The third-order valence-electron chi connectivity index (χ3n) is 2.77. The number of nitrogens with zero attached hydrogens (tertiary/aromatic N) is 1. The summed E-state index contributed by atoms with van der Waals surface area (Å²) < 4.78 is 0. The van der Waals surface area contributed by atoms with E-state index in [0.717, 1.165) is 12.0 Å². The summed E-state index contributed by atoms with van der Waals surface area (Å²) in [6.07, 6.45) is 0.806. The number of rotatable bonds is 7. The summed E-state index contributed by atoms with van der Waals surface area (Å²) in [6.45, 7) is 2.11. The molecule has 1 aromatic carbocycles. The SMILES string of the molecule is CNC(=O)NC(=O)CN(CCCN)Cc1ccccc1. The summed E-state index contributed by atoms with van der Waals surface area (Å²) in [5.41, 5.74) is 6.63. The Morgan fingerprint density at radius 2 is 1.95 bits per heavy atom. The van der Waals surface area contributed by atoms with E-state index >= 15 is 0 Å². The Balaban J connectivity index is 2.55. The fraction of sp³-hybridized carbons (Fsp3) is 0.429. The van der Waals surface area contributed by atoms with E-state index in [4.69, 9.17) is 5.73 Å². The monoisotopic (exact) mass is 278 g/mol. The zero-order valence-corrected chi connectivity index (χ0v) is 11.8. The summed E-state index contributed by atoms with van der Waals surface area (Å²) in [6, 6.07) is 9.39. The third-order valence-corrected chi connectivity index (χ3v) is 2.77. The zero-order valence-electron chi connectivity index (χ0n) is 11.8. The van der Waals surface area contributed by atoms with Crippen LogP contribution >= 0.6 is 0 Å². The predicted molar refractivity (Wildman–Crippen MR) is 78.0 cm³/mol. The summed E-state index contributed by atoms with van der Waals surface area (Å²) in [5.74, 6) is -0.322. The molecule has 20 heavy (non-hydrogen) atoms. The first-order valence-electron chi connectivity index (χ1n) is 6.63. The van der Waals surface area contributed by atoms with E-state index in [9.17, 15) is 9.59 Å². The average Bonchev–Trinajstić information content (AvgIpc) is 2.45. The number of hydrogen-bond donors (Lipinski definition) is 3. The van der Waals surface area contributed by atoms with Crippen molar-refractivity contribution < 1.29 is 9.59 Å². The van der Waals surface area contributed by atoms with E-state index in [1.54, 1.807) is 0 Å². The number of amides is 3. The van der Waals surface area contributed by atoms with Gasteiger partial charge in [-0.05, 0) is 18.5 Å². The smallest absolute Gasteiger partial charge is 0.321 e. The molecule has 0 aromatic heterocycles. The molecule has 0 heterocycles. The lowest BCUT2D eigenvalue weighted by Gasteiger charge is -2.21. The largest absolute Gasteiger partial charge is 0.341 e. The summed E-state index contributed by atoms with van der Waals surface area (Å²) in [5, 5.41) is 4.61. The number of nitrogens with two attached hydrogens (primary N) is 1. The first-order valence-corrected chi connectivity index (χ1v) is 6.63. The van der Waals surface area contributed by atoms with Crippen LogP contribution in [0.15, 0.2) is 30.3 Å². The molecule has 0 aliphatic rings. The van der Waals surface area contributed by atoms with Crippen LogP contribution in [0.5, 0.6) is 0 Å². The summed E-state index contributed by atoms with van der Waals surface area (Å²) in [7, 11) is 1.47. The Bertz CT molecular complexity index is 422. The average molecular weight is 278 g/mol. The molecule has 110 valence electrons. The molecule has 0 unspecified atom stereocenters. The van der Waals surface area contributed by atoms with Gasteiger partial charge in [-0.3, -0.25) is 15.0 Å². The van der Waals surface area contributed by atoms with E-state index in [2.05, 4.69) is 10.6 Å². The van der Waals surface area contributed by atoms with Crippen molar-refractivity contribution in [1.29, 1.82) is 0 Å². The lowest BCUT2D eigenvalue weighted by Crippen LogP contribution is -2.43. The number of nitrogens with one attached hydrogen (secondary N) is 2. The van der Waals surface area contributed by atoms with E-state index < -0.39 is 6.03 Å². The molecular weight excluding hydrogens is 256 g/mol. The molecule has 6 nitrogen and oxygen atoms in total. The highest BCUT2D eigenvalue weighted by Crippen LogP contribution is 2.04. The van der Waals surface area contributed by atoms with Crippen LogP contribution in [0, 0.1) is 0 Å². The predicted octanol–water partition coefficient (Wildman–Crippen LogP) is 0.293. The summed E-state index contributed by atoms with van der Waals surface area (Å²) in [4.78, 5) is 24.8. The number of imide groups is 1. The highest BCUT2D eigenvalue weighted by atomic mass is 16.2. The highest BCUT2D eigenvalue weighted by molar-refractivity contribution is 5.95. The molecule has 0 aliphatic heterocycles. The van der Waals surface area contributed by atoms with Gasteiger partial charge in [-0.15, -0.1) is 0 Å². The molecule has 6 heteroatoms. The van der Waals surface area contributed by atoms with Crippen molar-refractivity contribution in [2.24, 2.45) is 5.73 Å². The minimum absolute atomic E-state index is 0.169. The van der Waals surface area contributed by atoms with Crippen molar-refractivity contribution in [3.63, 3.8) is 0 Å². The fourth-order valence-corrected chi connectivity index (χ4v) is 1.80. The quantitative estimate of drug-likeness (QED) is 0.669. The van der Waals surface area contributed by atoms with Crippen molar-refractivity contribution in [2.45, 2.75) is 13.0 Å². The van der Waals surface area contributed by atoms with Gasteiger partial charge in [-0.25, -0.2) is 4.79 Å². The minimum Gasteiger partial charge on any atom is -0.341 e. The van der Waals surface area contributed by atoms with Crippen molar-refractivity contribution in [3.05, 3.63) is 35.9 Å².